The van der Waals surface area contributed by atoms with Crippen molar-refractivity contribution in [1.29, 1.82) is 0 Å². The molecule has 0 radical (unpaired) electrons. The summed E-state index contributed by atoms with van der Waals surface area (Å²) in [4.78, 5) is 20.7. The van der Waals surface area contributed by atoms with Gasteiger partial charge in [-0.25, -0.2) is 4.79 Å². The maximum Gasteiger partial charge on any atom is 0.365 e. The molecule has 0 N–H and O–H groups in total. The average molecular weight is 248 g/mol. The summed E-state index contributed by atoms with van der Waals surface area (Å²) < 4.78 is 0. The highest BCUT2D eigenvalue weighted by molar-refractivity contribution is 5.86. The van der Waals surface area contributed by atoms with Crippen LogP contribution in [-0.2, 0) is 14.6 Å². The van der Waals surface area contributed by atoms with Crippen LogP contribution in [0, 0.1) is 5.92 Å². The SMILES string of the molecule is CC(C)CCCOOC(=O)C=Cc1ccccc1. The summed E-state index contributed by atoms with van der Waals surface area (Å²) in [5, 5.41) is 0. The molecule has 0 aliphatic carbocycles. The normalized spacial score (nSPS) is 11.1. The van der Waals surface area contributed by atoms with Crippen LogP contribution in [0.2, 0.25) is 0 Å². The molecule has 0 atom stereocenters. The molecule has 1 aromatic rings. The molecular formula is C15H20O3. The Hall–Kier alpha value is -1.61. The van der Waals surface area contributed by atoms with Crippen molar-refractivity contribution in [2.24, 2.45) is 5.92 Å². The second-order valence-corrected chi connectivity index (χ2v) is 4.50. The zero-order valence-corrected chi connectivity index (χ0v) is 11.0. The predicted octanol–water partition coefficient (Wildman–Crippen LogP) is 3.61. The van der Waals surface area contributed by atoms with E-state index in [1.54, 1.807) is 6.08 Å². The Morgan fingerprint density at radius 3 is 2.67 bits per heavy atom. The van der Waals surface area contributed by atoms with Crippen molar-refractivity contribution in [3.63, 3.8) is 0 Å². The summed E-state index contributed by atoms with van der Waals surface area (Å²) in [5.74, 6) is 0.158. The molecule has 0 aliphatic rings. The molecule has 1 rings (SSSR count). The predicted molar refractivity (Wildman–Crippen MR) is 71.6 cm³/mol. The molecule has 0 heterocycles. The first-order chi connectivity index (χ1) is 8.68. The molecule has 1 aromatic carbocycles. The molecule has 98 valence electrons. The molecular weight excluding hydrogens is 228 g/mol. The highest BCUT2D eigenvalue weighted by Crippen LogP contribution is 2.04. The summed E-state index contributed by atoms with van der Waals surface area (Å²) in [6.07, 6.45) is 5.02. The Labute approximate surface area is 108 Å². The van der Waals surface area contributed by atoms with Gasteiger partial charge in [0, 0.05) is 6.08 Å². The van der Waals surface area contributed by atoms with Gasteiger partial charge in [0.2, 0.25) is 0 Å². The van der Waals surface area contributed by atoms with E-state index in [0.717, 1.165) is 18.4 Å². The van der Waals surface area contributed by atoms with Crippen molar-refractivity contribution < 1.29 is 14.6 Å². The van der Waals surface area contributed by atoms with E-state index in [1.165, 1.54) is 6.08 Å². The monoisotopic (exact) mass is 248 g/mol. The van der Waals surface area contributed by atoms with E-state index in [0.29, 0.717) is 12.5 Å². The third-order valence-electron chi connectivity index (χ3n) is 2.36. The fourth-order valence-electron chi connectivity index (χ4n) is 1.41. The van der Waals surface area contributed by atoms with Crippen molar-refractivity contribution in [3.05, 3.63) is 42.0 Å². The van der Waals surface area contributed by atoms with Crippen LogP contribution in [0.15, 0.2) is 36.4 Å². The first-order valence-electron chi connectivity index (χ1n) is 6.25. The molecule has 0 aliphatic heterocycles. The molecule has 18 heavy (non-hydrogen) atoms. The van der Waals surface area contributed by atoms with Gasteiger partial charge in [-0.05, 0) is 30.4 Å². The fraction of sp³-hybridized carbons (Fsp3) is 0.400. The van der Waals surface area contributed by atoms with Gasteiger partial charge in [-0.15, -0.1) is 0 Å². The number of hydrogen-bond donors (Lipinski definition) is 0. The highest BCUT2D eigenvalue weighted by atomic mass is 17.2. The Morgan fingerprint density at radius 1 is 1.28 bits per heavy atom. The van der Waals surface area contributed by atoms with Gasteiger partial charge in [0.1, 0.15) is 0 Å². The van der Waals surface area contributed by atoms with Crippen LogP contribution in [0.3, 0.4) is 0 Å². The second-order valence-electron chi connectivity index (χ2n) is 4.50. The van der Waals surface area contributed by atoms with Crippen LogP contribution in [0.4, 0.5) is 0 Å². The second kappa shape index (κ2) is 8.48. The molecule has 0 fully saturated rings. The maximum atomic E-state index is 11.3. The minimum absolute atomic E-state index is 0.448. The summed E-state index contributed by atoms with van der Waals surface area (Å²) in [5.41, 5.74) is 0.953. The first kappa shape index (κ1) is 14.5. The third-order valence-corrected chi connectivity index (χ3v) is 2.36. The van der Waals surface area contributed by atoms with Crippen molar-refractivity contribution in [2.75, 3.05) is 6.61 Å². The molecule has 3 heteroatoms. The van der Waals surface area contributed by atoms with Crippen LogP contribution in [0.25, 0.3) is 6.08 Å². The molecule has 0 amide bonds. The molecule has 0 spiro atoms. The maximum absolute atomic E-state index is 11.3. The Bertz CT molecular complexity index is 369. The van der Waals surface area contributed by atoms with Gasteiger partial charge < -0.3 is 0 Å². The largest absolute Gasteiger partial charge is 0.365 e. The minimum atomic E-state index is -0.483. The van der Waals surface area contributed by atoms with Gasteiger partial charge in [-0.3, -0.25) is 4.89 Å². The van der Waals surface area contributed by atoms with Gasteiger partial charge in [0.05, 0.1) is 6.61 Å². The van der Waals surface area contributed by atoms with E-state index >= 15 is 0 Å². The first-order valence-corrected chi connectivity index (χ1v) is 6.25. The number of rotatable bonds is 7. The minimum Gasteiger partial charge on any atom is -0.294 e. The van der Waals surface area contributed by atoms with Crippen LogP contribution >= 0.6 is 0 Å². The van der Waals surface area contributed by atoms with Gasteiger partial charge in [0.15, 0.2) is 0 Å². The Balaban J connectivity index is 2.16. The molecule has 0 saturated carbocycles. The zero-order chi connectivity index (χ0) is 13.2. The lowest BCUT2D eigenvalue weighted by molar-refractivity contribution is -0.267. The molecule has 0 bridgehead atoms. The number of hydrogen-bond acceptors (Lipinski definition) is 3. The molecule has 3 nitrogen and oxygen atoms in total. The quantitative estimate of drug-likeness (QED) is 0.320. The number of carbonyl (C=O) groups excluding carboxylic acids is 1. The molecule has 0 unspecified atom stereocenters. The zero-order valence-electron chi connectivity index (χ0n) is 11.0. The van der Waals surface area contributed by atoms with Crippen molar-refractivity contribution in [1.82, 2.24) is 0 Å². The standard InChI is InChI=1S/C15H20O3/c1-13(2)7-6-12-17-18-15(16)11-10-14-8-4-3-5-9-14/h3-5,8-11,13H,6-7,12H2,1-2H3. The summed E-state index contributed by atoms with van der Waals surface area (Å²) in [6.45, 7) is 4.74. The molecule has 0 saturated heterocycles. The van der Waals surface area contributed by atoms with Crippen molar-refractivity contribution >= 4 is 12.0 Å². The summed E-state index contributed by atoms with van der Waals surface area (Å²) in [7, 11) is 0. The van der Waals surface area contributed by atoms with E-state index < -0.39 is 5.97 Å². The topological polar surface area (TPSA) is 35.5 Å². The van der Waals surface area contributed by atoms with E-state index in [2.05, 4.69) is 18.7 Å². The van der Waals surface area contributed by atoms with Crippen LogP contribution in [-0.4, -0.2) is 12.6 Å². The highest BCUT2D eigenvalue weighted by Gasteiger charge is 1.99. The van der Waals surface area contributed by atoms with Gasteiger partial charge >= 0.3 is 5.97 Å². The van der Waals surface area contributed by atoms with Crippen molar-refractivity contribution in [2.45, 2.75) is 26.7 Å². The lowest BCUT2D eigenvalue weighted by Crippen LogP contribution is -2.04. The van der Waals surface area contributed by atoms with Crippen molar-refractivity contribution in [3.8, 4) is 0 Å². The van der Waals surface area contributed by atoms with E-state index in [1.807, 2.05) is 30.3 Å². The summed E-state index contributed by atoms with van der Waals surface area (Å²) >= 11 is 0. The third kappa shape index (κ3) is 6.86. The summed E-state index contributed by atoms with van der Waals surface area (Å²) in [6, 6.07) is 9.56. The number of benzene rings is 1. The lowest BCUT2D eigenvalue weighted by atomic mass is 10.1. The molecule has 0 aromatic heterocycles. The van der Waals surface area contributed by atoms with E-state index in [-0.39, 0.29) is 0 Å². The Morgan fingerprint density at radius 2 is 2.00 bits per heavy atom. The number of carbonyl (C=O) groups is 1. The fourth-order valence-corrected chi connectivity index (χ4v) is 1.41. The van der Waals surface area contributed by atoms with Crippen LogP contribution < -0.4 is 0 Å². The van der Waals surface area contributed by atoms with E-state index in [9.17, 15) is 4.79 Å². The lowest BCUT2D eigenvalue weighted by Gasteiger charge is -2.03. The van der Waals surface area contributed by atoms with Gasteiger partial charge in [0.25, 0.3) is 0 Å². The van der Waals surface area contributed by atoms with Gasteiger partial charge in [-0.1, -0.05) is 44.2 Å². The van der Waals surface area contributed by atoms with Crippen LogP contribution in [0.1, 0.15) is 32.3 Å². The smallest absolute Gasteiger partial charge is 0.294 e. The van der Waals surface area contributed by atoms with E-state index in [4.69, 9.17) is 4.89 Å². The average Bonchev–Trinajstić information content (AvgIpc) is 2.37. The van der Waals surface area contributed by atoms with Gasteiger partial charge in [-0.2, -0.15) is 4.89 Å². The Kier molecular flexibility index (Phi) is 6.81. The van der Waals surface area contributed by atoms with Crippen LogP contribution in [0.5, 0.6) is 0 Å².